The Morgan fingerprint density at radius 3 is 2.33 bits per heavy atom. The minimum absolute atomic E-state index is 0.717. The van der Waals surface area contributed by atoms with Gasteiger partial charge in [-0.25, -0.2) is 0 Å². The van der Waals surface area contributed by atoms with E-state index < -0.39 is 0 Å². The maximum atomic E-state index is 3.77. The molecule has 3 rings (SSSR count). The molecule has 116 valence electrons. The highest BCUT2D eigenvalue weighted by Gasteiger charge is 2.19. The average molecular weight is 287 g/mol. The number of benzene rings is 1. The molecule has 0 amide bonds. The standard InChI is InChI=1S/C18H29N3/c1-3-7-18(8-4-1)21-14-9-17(10-15-21)19-11-16-20-12-5-2-6-13-20/h1,3-4,7-8,17,19H,2,5-6,9-16H2. The predicted molar refractivity (Wildman–Crippen MR) is 90.0 cm³/mol. The molecule has 0 aromatic heterocycles. The molecule has 2 aliphatic rings. The first-order valence-corrected chi connectivity index (χ1v) is 8.67. The van der Waals surface area contributed by atoms with Gasteiger partial charge in [-0.05, 0) is 50.9 Å². The van der Waals surface area contributed by atoms with E-state index in [1.807, 2.05) is 0 Å². The number of nitrogens with zero attached hydrogens (tertiary/aromatic N) is 2. The zero-order valence-corrected chi connectivity index (χ0v) is 13.1. The van der Waals surface area contributed by atoms with Crippen LogP contribution in [0.4, 0.5) is 5.69 Å². The van der Waals surface area contributed by atoms with Gasteiger partial charge in [0.25, 0.3) is 0 Å². The quantitative estimate of drug-likeness (QED) is 0.898. The lowest BCUT2D eigenvalue weighted by Crippen LogP contribution is -2.45. The summed E-state index contributed by atoms with van der Waals surface area (Å²) in [6, 6.07) is 11.5. The molecule has 3 nitrogen and oxygen atoms in total. The maximum Gasteiger partial charge on any atom is 0.0366 e. The Bertz CT molecular complexity index is 392. The average Bonchev–Trinajstić information content (AvgIpc) is 2.57. The molecule has 1 aromatic rings. The maximum absolute atomic E-state index is 3.77. The van der Waals surface area contributed by atoms with E-state index in [0.717, 1.165) is 12.6 Å². The van der Waals surface area contributed by atoms with Crippen LogP contribution in [-0.2, 0) is 0 Å². The van der Waals surface area contributed by atoms with E-state index >= 15 is 0 Å². The smallest absolute Gasteiger partial charge is 0.0366 e. The number of hydrogen-bond donors (Lipinski definition) is 1. The van der Waals surface area contributed by atoms with E-state index in [2.05, 4.69) is 45.4 Å². The summed E-state index contributed by atoms with van der Waals surface area (Å²) in [5.74, 6) is 0. The molecular weight excluding hydrogens is 258 g/mol. The molecule has 2 aliphatic heterocycles. The highest BCUT2D eigenvalue weighted by molar-refractivity contribution is 5.46. The zero-order chi connectivity index (χ0) is 14.3. The SMILES string of the molecule is c1ccc(N2CCC(NCCN3CCCCC3)CC2)cc1. The first-order valence-electron chi connectivity index (χ1n) is 8.67. The number of anilines is 1. The highest BCUT2D eigenvalue weighted by atomic mass is 15.2. The molecular formula is C18H29N3. The molecule has 0 spiro atoms. The number of hydrogen-bond acceptors (Lipinski definition) is 3. The van der Waals surface area contributed by atoms with Crippen LogP contribution in [0.15, 0.2) is 30.3 Å². The lowest BCUT2D eigenvalue weighted by molar-refractivity contribution is 0.224. The molecule has 0 bridgehead atoms. The second kappa shape index (κ2) is 7.81. The Morgan fingerprint density at radius 1 is 0.905 bits per heavy atom. The van der Waals surface area contributed by atoms with E-state index in [1.165, 1.54) is 70.5 Å². The van der Waals surface area contributed by atoms with E-state index in [9.17, 15) is 0 Å². The van der Waals surface area contributed by atoms with E-state index in [-0.39, 0.29) is 0 Å². The van der Waals surface area contributed by atoms with E-state index in [1.54, 1.807) is 0 Å². The van der Waals surface area contributed by atoms with Crippen molar-refractivity contribution in [2.75, 3.05) is 44.2 Å². The fourth-order valence-electron chi connectivity index (χ4n) is 3.59. The summed E-state index contributed by atoms with van der Waals surface area (Å²) in [5.41, 5.74) is 1.38. The van der Waals surface area contributed by atoms with Crippen molar-refractivity contribution < 1.29 is 0 Å². The molecule has 2 fully saturated rings. The van der Waals surface area contributed by atoms with Crippen LogP contribution in [0.5, 0.6) is 0 Å². The molecule has 21 heavy (non-hydrogen) atoms. The molecule has 3 heteroatoms. The topological polar surface area (TPSA) is 18.5 Å². The fraction of sp³-hybridized carbons (Fsp3) is 0.667. The molecule has 0 unspecified atom stereocenters. The highest BCUT2D eigenvalue weighted by Crippen LogP contribution is 2.19. The van der Waals surface area contributed by atoms with Gasteiger partial charge in [0.2, 0.25) is 0 Å². The van der Waals surface area contributed by atoms with Crippen LogP contribution in [0.25, 0.3) is 0 Å². The van der Waals surface area contributed by atoms with Gasteiger partial charge in [-0.2, -0.15) is 0 Å². The van der Waals surface area contributed by atoms with Crippen molar-refractivity contribution in [1.29, 1.82) is 0 Å². The monoisotopic (exact) mass is 287 g/mol. The summed E-state index contributed by atoms with van der Waals surface area (Å²) in [7, 11) is 0. The third kappa shape index (κ3) is 4.45. The van der Waals surface area contributed by atoms with Gasteiger partial charge < -0.3 is 15.1 Å². The Labute approximate surface area is 129 Å². The number of rotatable bonds is 5. The van der Waals surface area contributed by atoms with Crippen LogP contribution in [0.1, 0.15) is 32.1 Å². The summed E-state index contributed by atoms with van der Waals surface area (Å²) in [6.07, 6.45) is 6.77. The van der Waals surface area contributed by atoms with Gasteiger partial charge >= 0.3 is 0 Å². The third-order valence-electron chi connectivity index (χ3n) is 4.93. The van der Waals surface area contributed by atoms with Crippen molar-refractivity contribution in [2.45, 2.75) is 38.1 Å². The van der Waals surface area contributed by atoms with Gasteiger partial charge in [-0.1, -0.05) is 24.6 Å². The second-order valence-corrected chi connectivity index (χ2v) is 6.45. The molecule has 0 radical (unpaired) electrons. The number of piperidine rings is 2. The predicted octanol–water partition coefficient (Wildman–Crippen LogP) is 2.73. The third-order valence-corrected chi connectivity index (χ3v) is 4.93. The Kier molecular flexibility index (Phi) is 5.53. The lowest BCUT2D eigenvalue weighted by Gasteiger charge is -2.34. The lowest BCUT2D eigenvalue weighted by atomic mass is 10.0. The van der Waals surface area contributed by atoms with Gasteiger partial charge in [0.1, 0.15) is 0 Å². The first kappa shape index (κ1) is 14.9. The van der Waals surface area contributed by atoms with Crippen LogP contribution in [0.3, 0.4) is 0 Å². The molecule has 1 N–H and O–H groups in total. The van der Waals surface area contributed by atoms with Crippen LogP contribution in [0, 0.1) is 0 Å². The molecule has 1 aromatic carbocycles. The van der Waals surface area contributed by atoms with Crippen molar-refractivity contribution in [3.8, 4) is 0 Å². The van der Waals surface area contributed by atoms with Crippen molar-refractivity contribution in [1.82, 2.24) is 10.2 Å². The van der Waals surface area contributed by atoms with Gasteiger partial charge in [0.15, 0.2) is 0 Å². The number of para-hydroxylation sites is 1. The molecule has 2 saturated heterocycles. The molecule has 0 atom stereocenters. The van der Waals surface area contributed by atoms with Crippen molar-refractivity contribution in [2.24, 2.45) is 0 Å². The van der Waals surface area contributed by atoms with Crippen molar-refractivity contribution >= 4 is 5.69 Å². The van der Waals surface area contributed by atoms with Crippen LogP contribution < -0.4 is 10.2 Å². The van der Waals surface area contributed by atoms with E-state index in [0.29, 0.717) is 0 Å². The van der Waals surface area contributed by atoms with Gasteiger partial charge in [0, 0.05) is 37.9 Å². The van der Waals surface area contributed by atoms with Crippen LogP contribution in [-0.4, -0.2) is 50.2 Å². The van der Waals surface area contributed by atoms with Crippen LogP contribution >= 0.6 is 0 Å². The molecule has 2 heterocycles. The minimum atomic E-state index is 0.717. The Hall–Kier alpha value is -1.06. The fourth-order valence-corrected chi connectivity index (χ4v) is 3.59. The van der Waals surface area contributed by atoms with Gasteiger partial charge in [0.05, 0.1) is 0 Å². The summed E-state index contributed by atoms with van der Waals surface area (Å²) in [4.78, 5) is 5.14. The number of likely N-dealkylation sites (tertiary alicyclic amines) is 1. The van der Waals surface area contributed by atoms with Crippen molar-refractivity contribution in [3.63, 3.8) is 0 Å². The second-order valence-electron chi connectivity index (χ2n) is 6.45. The zero-order valence-electron chi connectivity index (χ0n) is 13.1. The van der Waals surface area contributed by atoms with Gasteiger partial charge in [-0.15, -0.1) is 0 Å². The Balaban J connectivity index is 1.34. The summed E-state index contributed by atoms with van der Waals surface area (Å²) < 4.78 is 0. The Morgan fingerprint density at radius 2 is 1.62 bits per heavy atom. The van der Waals surface area contributed by atoms with Gasteiger partial charge in [-0.3, -0.25) is 0 Å². The van der Waals surface area contributed by atoms with E-state index in [4.69, 9.17) is 0 Å². The molecule has 0 saturated carbocycles. The van der Waals surface area contributed by atoms with Crippen LogP contribution in [0.2, 0.25) is 0 Å². The molecule has 0 aliphatic carbocycles. The summed E-state index contributed by atoms with van der Waals surface area (Å²) in [6.45, 7) is 7.40. The number of nitrogens with one attached hydrogen (secondary N) is 1. The van der Waals surface area contributed by atoms with Crippen molar-refractivity contribution in [3.05, 3.63) is 30.3 Å². The minimum Gasteiger partial charge on any atom is -0.371 e. The first-order chi connectivity index (χ1) is 10.4. The summed E-state index contributed by atoms with van der Waals surface area (Å²) in [5, 5.41) is 3.77. The normalized spacial score (nSPS) is 21.6. The largest absolute Gasteiger partial charge is 0.371 e. The summed E-state index contributed by atoms with van der Waals surface area (Å²) >= 11 is 0.